The van der Waals surface area contributed by atoms with Gasteiger partial charge in [-0.25, -0.2) is 9.78 Å². The number of benzene rings is 3. The summed E-state index contributed by atoms with van der Waals surface area (Å²) in [4.78, 5) is 42.7. The second-order valence-electron chi connectivity index (χ2n) is 8.60. The maximum atomic E-state index is 13.4. The number of carboxylic acid groups (broad SMARTS) is 1. The van der Waals surface area contributed by atoms with Crippen molar-refractivity contribution >= 4 is 51.3 Å². The third-order valence-electron chi connectivity index (χ3n) is 6.20. The highest BCUT2D eigenvalue weighted by molar-refractivity contribution is 6.30. The first-order chi connectivity index (χ1) is 18.8. The summed E-state index contributed by atoms with van der Waals surface area (Å²) in [5, 5.41) is 11.3. The van der Waals surface area contributed by atoms with Crippen molar-refractivity contribution in [3.05, 3.63) is 125 Å². The number of halogens is 1. The van der Waals surface area contributed by atoms with E-state index in [1.54, 1.807) is 73.1 Å². The van der Waals surface area contributed by atoms with E-state index in [4.69, 9.17) is 17.3 Å². The predicted molar refractivity (Wildman–Crippen MR) is 150 cm³/mol. The number of fused-ring (bicyclic) bond motifs is 2. The molecule has 0 fully saturated rings. The van der Waals surface area contributed by atoms with Crippen molar-refractivity contribution in [1.29, 1.82) is 0 Å². The fourth-order valence-corrected chi connectivity index (χ4v) is 4.40. The molecule has 0 saturated heterocycles. The summed E-state index contributed by atoms with van der Waals surface area (Å²) in [5.41, 5.74) is 9.31. The molecule has 4 N–H and O–H groups in total. The van der Waals surface area contributed by atoms with Crippen LogP contribution in [0.4, 0.5) is 4.79 Å². The average molecular weight is 537 g/mol. The standard InChI is InChI=1S/C23H14ClN3O3.C7H7NO/c24-15-6-4-13(5-7-15)14-10-18-19(12-26-22(18)25-11-14)21(28)17-2-1-3-20-16(17)8-9-27(20)23(29)30;8-7(9)6-4-2-1-3-5-6/h1-12H,(H,25,26)(H,29,30);1-5H,(H2,8,9). The Morgan fingerprint density at radius 1 is 0.846 bits per heavy atom. The number of ketones is 1. The van der Waals surface area contributed by atoms with E-state index in [2.05, 4.69) is 9.97 Å². The molecule has 0 atom stereocenters. The highest BCUT2D eigenvalue weighted by Crippen LogP contribution is 2.29. The van der Waals surface area contributed by atoms with Crippen LogP contribution in [0.25, 0.3) is 33.1 Å². The molecule has 0 spiro atoms. The summed E-state index contributed by atoms with van der Waals surface area (Å²) in [6.45, 7) is 0. The highest BCUT2D eigenvalue weighted by Gasteiger charge is 2.19. The predicted octanol–water partition coefficient (Wildman–Crippen LogP) is 6.38. The van der Waals surface area contributed by atoms with Crippen molar-refractivity contribution in [2.24, 2.45) is 5.73 Å². The normalized spacial score (nSPS) is 10.7. The molecule has 0 radical (unpaired) electrons. The van der Waals surface area contributed by atoms with Gasteiger partial charge in [0.2, 0.25) is 5.91 Å². The third-order valence-corrected chi connectivity index (χ3v) is 6.45. The number of nitrogens with one attached hydrogen (secondary N) is 1. The molecule has 0 saturated carbocycles. The van der Waals surface area contributed by atoms with Crippen LogP contribution in [-0.2, 0) is 0 Å². The second kappa shape index (κ2) is 10.6. The lowest BCUT2D eigenvalue weighted by atomic mass is 9.99. The molecular formula is C30H21ClN4O4. The lowest BCUT2D eigenvalue weighted by Crippen LogP contribution is -2.09. The number of aromatic amines is 1. The number of pyridine rings is 1. The Balaban J connectivity index is 0.000000292. The summed E-state index contributed by atoms with van der Waals surface area (Å²) in [6, 6.07) is 24.8. The van der Waals surface area contributed by atoms with E-state index in [0.29, 0.717) is 43.6 Å². The zero-order valence-corrected chi connectivity index (χ0v) is 21.1. The fraction of sp³-hybridized carbons (Fsp3) is 0. The number of carbonyl (C=O) groups is 3. The van der Waals surface area contributed by atoms with E-state index >= 15 is 0 Å². The Morgan fingerprint density at radius 2 is 1.59 bits per heavy atom. The van der Waals surface area contributed by atoms with Crippen LogP contribution in [0.5, 0.6) is 0 Å². The van der Waals surface area contributed by atoms with Gasteiger partial charge in [-0.05, 0) is 48.0 Å². The lowest BCUT2D eigenvalue weighted by molar-refractivity contribution is 0.0998. The topological polar surface area (TPSA) is 131 Å². The van der Waals surface area contributed by atoms with Crippen molar-refractivity contribution < 1.29 is 19.5 Å². The van der Waals surface area contributed by atoms with Crippen LogP contribution in [0, 0.1) is 0 Å². The molecule has 9 heteroatoms. The van der Waals surface area contributed by atoms with Gasteiger partial charge in [0.1, 0.15) is 5.65 Å². The molecule has 1 amide bonds. The van der Waals surface area contributed by atoms with Crippen molar-refractivity contribution in [3.8, 4) is 11.1 Å². The van der Waals surface area contributed by atoms with Crippen LogP contribution in [0.3, 0.4) is 0 Å². The average Bonchev–Trinajstić information content (AvgIpc) is 3.58. The van der Waals surface area contributed by atoms with Gasteiger partial charge in [0.15, 0.2) is 5.78 Å². The number of primary amides is 1. The summed E-state index contributed by atoms with van der Waals surface area (Å²) in [5.74, 6) is -0.583. The van der Waals surface area contributed by atoms with E-state index in [9.17, 15) is 19.5 Å². The van der Waals surface area contributed by atoms with Gasteiger partial charge in [-0.1, -0.05) is 54.1 Å². The molecule has 0 aliphatic rings. The maximum absolute atomic E-state index is 13.4. The van der Waals surface area contributed by atoms with E-state index in [1.807, 2.05) is 24.3 Å². The lowest BCUT2D eigenvalue weighted by Gasteiger charge is -2.05. The van der Waals surface area contributed by atoms with Crippen molar-refractivity contribution in [2.75, 3.05) is 0 Å². The van der Waals surface area contributed by atoms with Crippen molar-refractivity contribution in [3.63, 3.8) is 0 Å². The van der Waals surface area contributed by atoms with E-state index in [0.717, 1.165) is 15.7 Å². The molecule has 3 aromatic heterocycles. The zero-order chi connectivity index (χ0) is 27.5. The Kier molecular flexibility index (Phi) is 6.94. The first-order valence-electron chi connectivity index (χ1n) is 11.8. The number of hydrogen-bond acceptors (Lipinski definition) is 4. The molecule has 192 valence electrons. The quantitative estimate of drug-likeness (QED) is 0.225. The van der Waals surface area contributed by atoms with Gasteiger partial charge < -0.3 is 15.8 Å². The molecule has 0 bridgehead atoms. The fourth-order valence-electron chi connectivity index (χ4n) is 4.27. The number of nitrogens with two attached hydrogens (primary N) is 1. The molecule has 3 heterocycles. The van der Waals surface area contributed by atoms with Crippen molar-refractivity contribution in [1.82, 2.24) is 14.5 Å². The Morgan fingerprint density at radius 3 is 2.26 bits per heavy atom. The van der Waals surface area contributed by atoms with E-state index < -0.39 is 6.09 Å². The highest BCUT2D eigenvalue weighted by atomic mass is 35.5. The van der Waals surface area contributed by atoms with Gasteiger partial charge in [0, 0.05) is 56.6 Å². The first-order valence-corrected chi connectivity index (χ1v) is 12.2. The molecule has 3 aromatic carbocycles. The summed E-state index contributed by atoms with van der Waals surface area (Å²) in [6.07, 6.45) is 3.72. The third kappa shape index (κ3) is 5.14. The Bertz CT molecular complexity index is 1840. The zero-order valence-electron chi connectivity index (χ0n) is 20.3. The minimum absolute atomic E-state index is 0.204. The maximum Gasteiger partial charge on any atom is 0.415 e. The van der Waals surface area contributed by atoms with Crippen LogP contribution in [0.15, 0.2) is 104 Å². The minimum Gasteiger partial charge on any atom is -0.464 e. The molecule has 8 nitrogen and oxygen atoms in total. The molecule has 6 aromatic rings. The largest absolute Gasteiger partial charge is 0.464 e. The molecule has 0 unspecified atom stereocenters. The van der Waals surface area contributed by atoms with Gasteiger partial charge in [0.05, 0.1) is 5.52 Å². The van der Waals surface area contributed by atoms with E-state index in [-0.39, 0.29) is 11.7 Å². The van der Waals surface area contributed by atoms with Crippen molar-refractivity contribution in [2.45, 2.75) is 0 Å². The summed E-state index contributed by atoms with van der Waals surface area (Å²) in [7, 11) is 0. The number of carbonyl (C=O) groups excluding carboxylic acids is 2. The number of nitrogens with zero attached hydrogens (tertiary/aromatic N) is 2. The van der Waals surface area contributed by atoms with Gasteiger partial charge in [0.25, 0.3) is 0 Å². The number of amides is 1. The van der Waals surface area contributed by atoms with Gasteiger partial charge in [-0.3, -0.25) is 14.2 Å². The van der Waals surface area contributed by atoms with Crippen LogP contribution >= 0.6 is 11.6 Å². The van der Waals surface area contributed by atoms with Crippen LogP contribution in [-0.4, -0.2) is 37.4 Å². The molecular weight excluding hydrogens is 516 g/mol. The van der Waals surface area contributed by atoms with Gasteiger partial charge in [-0.2, -0.15) is 0 Å². The molecule has 6 rings (SSSR count). The Labute approximate surface area is 227 Å². The molecule has 0 aliphatic heterocycles. The monoisotopic (exact) mass is 536 g/mol. The molecule has 39 heavy (non-hydrogen) atoms. The SMILES string of the molecule is NC(=O)c1ccccc1.O=C(c1c[nH]c2ncc(-c3ccc(Cl)cc3)cc12)c1cccc2c1ccn2C(=O)O. The summed E-state index contributed by atoms with van der Waals surface area (Å²) >= 11 is 5.98. The summed E-state index contributed by atoms with van der Waals surface area (Å²) < 4.78 is 1.10. The van der Waals surface area contributed by atoms with Crippen LogP contribution in [0.1, 0.15) is 26.3 Å². The van der Waals surface area contributed by atoms with Gasteiger partial charge in [-0.15, -0.1) is 0 Å². The smallest absolute Gasteiger partial charge is 0.415 e. The first kappa shape index (κ1) is 25.4. The van der Waals surface area contributed by atoms with Crippen LogP contribution < -0.4 is 5.73 Å². The Hall–Kier alpha value is -5.21. The molecule has 0 aliphatic carbocycles. The number of H-pyrrole nitrogens is 1. The van der Waals surface area contributed by atoms with Crippen LogP contribution in [0.2, 0.25) is 5.02 Å². The minimum atomic E-state index is -1.10. The number of hydrogen-bond donors (Lipinski definition) is 3. The van der Waals surface area contributed by atoms with E-state index in [1.165, 1.54) is 6.20 Å². The number of rotatable bonds is 4. The van der Waals surface area contributed by atoms with Gasteiger partial charge >= 0.3 is 6.09 Å². The number of aromatic nitrogens is 3. The second-order valence-corrected chi connectivity index (χ2v) is 9.03.